The molecule has 0 saturated heterocycles. The average molecular weight is 268 g/mol. The lowest BCUT2D eigenvalue weighted by Gasteiger charge is -2.09. The van der Waals surface area contributed by atoms with Gasteiger partial charge in [-0.05, 0) is 23.8 Å². The fourth-order valence-corrected chi connectivity index (χ4v) is 2.15. The molecule has 0 fully saturated rings. The van der Waals surface area contributed by atoms with Crippen molar-refractivity contribution in [3.8, 4) is 5.75 Å². The number of aliphatic hydroxyl groups excluding tert-OH is 1. The van der Waals surface area contributed by atoms with Gasteiger partial charge < -0.3 is 14.9 Å². The van der Waals surface area contributed by atoms with Crippen LogP contribution in [0.25, 0.3) is 6.08 Å². The van der Waals surface area contributed by atoms with Crippen LogP contribution in [0.15, 0.2) is 24.3 Å². The molecular weight excluding hydrogens is 252 g/mol. The van der Waals surface area contributed by atoms with Crippen LogP contribution in [0.2, 0.25) is 0 Å². The molecule has 5 heteroatoms. The quantitative estimate of drug-likeness (QED) is 0.585. The van der Waals surface area contributed by atoms with E-state index in [1.54, 1.807) is 31.0 Å². The predicted octanol–water partition coefficient (Wildman–Crippen LogP) is 2.02. The highest BCUT2D eigenvalue weighted by molar-refractivity contribution is 7.98. The summed E-state index contributed by atoms with van der Waals surface area (Å²) in [5, 5.41) is 17.3. The smallest absolute Gasteiger partial charge is 0.328 e. The molecule has 1 rings (SSSR count). The van der Waals surface area contributed by atoms with Gasteiger partial charge in [-0.15, -0.1) is 0 Å². The van der Waals surface area contributed by atoms with Crippen molar-refractivity contribution in [3.05, 3.63) is 35.4 Å². The van der Waals surface area contributed by atoms with Gasteiger partial charge in [0.15, 0.2) is 0 Å². The molecule has 2 N–H and O–H groups in total. The molecule has 0 unspecified atom stereocenters. The lowest BCUT2D eigenvalue weighted by atomic mass is 10.1. The van der Waals surface area contributed by atoms with Crippen molar-refractivity contribution in [2.45, 2.75) is 5.75 Å². The summed E-state index contributed by atoms with van der Waals surface area (Å²) in [5.41, 5.74) is 1.81. The van der Waals surface area contributed by atoms with Crippen molar-refractivity contribution in [2.75, 3.05) is 19.5 Å². The second-order valence-electron chi connectivity index (χ2n) is 3.52. The van der Waals surface area contributed by atoms with Crippen molar-refractivity contribution in [2.24, 2.45) is 0 Å². The molecule has 0 heterocycles. The van der Waals surface area contributed by atoms with E-state index < -0.39 is 5.97 Å². The van der Waals surface area contributed by atoms with Gasteiger partial charge in [0.25, 0.3) is 0 Å². The number of aliphatic hydroxyl groups is 1. The summed E-state index contributed by atoms with van der Waals surface area (Å²) < 4.78 is 5.24. The van der Waals surface area contributed by atoms with Crippen LogP contribution in [0.4, 0.5) is 0 Å². The molecule has 0 aromatic heterocycles. The molecule has 0 amide bonds. The molecular formula is C13H16O4S. The van der Waals surface area contributed by atoms with Crippen molar-refractivity contribution >= 4 is 23.8 Å². The Morgan fingerprint density at radius 2 is 2.28 bits per heavy atom. The Bertz CT molecular complexity index is 429. The van der Waals surface area contributed by atoms with Crippen molar-refractivity contribution in [1.29, 1.82) is 0 Å². The Balaban J connectivity index is 2.83. The number of carbonyl (C=O) groups is 1. The molecule has 1 aromatic carbocycles. The molecule has 0 atom stereocenters. The highest BCUT2D eigenvalue weighted by atomic mass is 32.2. The lowest BCUT2D eigenvalue weighted by molar-refractivity contribution is -0.131. The average Bonchev–Trinajstić information content (AvgIpc) is 2.37. The third-order valence-electron chi connectivity index (χ3n) is 2.22. The first kappa shape index (κ1) is 14.6. The molecule has 0 radical (unpaired) electrons. The van der Waals surface area contributed by atoms with Gasteiger partial charge in [0.1, 0.15) is 5.75 Å². The van der Waals surface area contributed by atoms with Crippen LogP contribution in [0.1, 0.15) is 11.1 Å². The monoisotopic (exact) mass is 268 g/mol. The summed E-state index contributed by atoms with van der Waals surface area (Å²) in [5.74, 6) is 1.19. The van der Waals surface area contributed by atoms with Gasteiger partial charge >= 0.3 is 5.97 Å². The number of methoxy groups -OCH3 is 1. The SMILES string of the molecule is COc1ccc(C=CC(=O)O)cc1CSCCO. The zero-order valence-electron chi connectivity index (χ0n) is 10.1. The molecule has 0 saturated carbocycles. The number of rotatable bonds is 7. The summed E-state index contributed by atoms with van der Waals surface area (Å²) in [6.45, 7) is 0.144. The molecule has 0 spiro atoms. The number of benzene rings is 1. The molecule has 0 aliphatic rings. The number of hydrogen-bond donors (Lipinski definition) is 2. The zero-order valence-corrected chi connectivity index (χ0v) is 10.9. The van der Waals surface area contributed by atoms with Gasteiger partial charge in [-0.3, -0.25) is 0 Å². The molecule has 4 nitrogen and oxygen atoms in total. The number of aliphatic carboxylic acids is 1. The van der Waals surface area contributed by atoms with Gasteiger partial charge in [-0.2, -0.15) is 11.8 Å². The van der Waals surface area contributed by atoms with E-state index in [2.05, 4.69) is 0 Å². The van der Waals surface area contributed by atoms with E-state index in [-0.39, 0.29) is 6.61 Å². The molecule has 0 aliphatic heterocycles. The molecule has 98 valence electrons. The number of ether oxygens (including phenoxy) is 1. The van der Waals surface area contributed by atoms with Crippen LogP contribution in [-0.2, 0) is 10.5 Å². The number of carboxylic acid groups (broad SMARTS) is 1. The number of carboxylic acids is 1. The molecule has 0 aliphatic carbocycles. The Morgan fingerprint density at radius 3 is 2.89 bits per heavy atom. The fourth-order valence-electron chi connectivity index (χ4n) is 1.43. The van der Waals surface area contributed by atoms with Crippen LogP contribution in [0.5, 0.6) is 5.75 Å². The second-order valence-corrected chi connectivity index (χ2v) is 4.62. The third-order valence-corrected chi connectivity index (χ3v) is 3.20. The van der Waals surface area contributed by atoms with E-state index in [0.29, 0.717) is 5.75 Å². The minimum atomic E-state index is -0.970. The fraction of sp³-hybridized carbons (Fsp3) is 0.308. The Hall–Kier alpha value is -1.46. The van der Waals surface area contributed by atoms with Crippen molar-refractivity contribution in [1.82, 2.24) is 0 Å². The molecule has 18 heavy (non-hydrogen) atoms. The Labute approximate surface area is 110 Å². The minimum absolute atomic E-state index is 0.144. The zero-order chi connectivity index (χ0) is 13.4. The first-order valence-corrected chi connectivity index (χ1v) is 6.59. The van der Waals surface area contributed by atoms with E-state index in [0.717, 1.165) is 28.7 Å². The van der Waals surface area contributed by atoms with Gasteiger partial charge in [0.05, 0.1) is 13.7 Å². The van der Waals surface area contributed by atoms with Crippen molar-refractivity contribution in [3.63, 3.8) is 0 Å². The third kappa shape index (κ3) is 4.81. The lowest BCUT2D eigenvalue weighted by Crippen LogP contribution is -1.94. The Morgan fingerprint density at radius 1 is 1.50 bits per heavy atom. The van der Waals surface area contributed by atoms with Crippen LogP contribution in [-0.4, -0.2) is 35.7 Å². The summed E-state index contributed by atoms with van der Waals surface area (Å²) in [7, 11) is 1.60. The number of hydrogen-bond acceptors (Lipinski definition) is 4. The maximum absolute atomic E-state index is 10.4. The van der Waals surface area contributed by atoms with Crippen molar-refractivity contribution < 1.29 is 19.7 Å². The summed E-state index contributed by atoms with van der Waals surface area (Å²) in [4.78, 5) is 10.4. The van der Waals surface area contributed by atoms with Crippen LogP contribution >= 0.6 is 11.8 Å². The van der Waals surface area contributed by atoms with Crippen LogP contribution < -0.4 is 4.74 Å². The standard InChI is InChI=1S/C13H16O4S/c1-17-12-4-2-10(3-5-13(15)16)8-11(12)9-18-7-6-14/h2-5,8,14H,6-7,9H2,1H3,(H,15,16). The Kier molecular flexibility index (Phi) is 6.32. The topological polar surface area (TPSA) is 66.8 Å². The molecule has 1 aromatic rings. The maximum Gasteiger partial charge on any atom is 0.328 e. The minimum Gasteiger partial charge on any atom is -0.496 e. The van der Waals surface area contributed by atoms with Gasteiger partial charge in [0, 0.05) is 23.1 Å². The summed E-state index contributed by atoms with van der Waals surface area (Å²) in [6.07, 6.45) is 2.65. The van der Waals surface area contributed by atoms with Gasteiger partial charge in [0.2, 0.25) is 0 Å². The highest BCUT2D eigenvalue weighted by Gasteiger charge is 2.03. The summed E-state index contributed by atoms with van der Waals surface area (Å²) in [6, 6.07) is 5.51. The predicted molar refractivity (Wildman–Crippen MR) is 72.9 cm³/mol. The van der Waals surface area contributed by atoms with Crippen LogP contribution in [0, 0.1) is 0 Å². The largest absolute Gasteiger partial charge is 0.496 e. The normalized spacial score (nSPS) is 10.8. The van der Waals surface area contributed by atoms with E-state index in [1.165, 1.54) is 0 Å². The maximum atomic E-state index is 10.4. The summed E-state index contributed by atoms with van der Waals surface area (Å²) >= 11 is 1.60. The van der Waals surface area contributed by atoms with E-state index in [9.17, 15) is 4.79 Å². The van der Waals surface area contributed by atoms with Crippen LogP contribution in [0.3, 0.4) is 0 Å². The highest BCUT2D eigenvalue weighted by Crippen LogP contribution is 2.25. The van der Waals surface area contributed by atoms with E-state index >= 15 is 0 Å². The first-order valence-electron chi connectivity index (χ1n) is 5.44. The number of thioether (sulfide) groups is 1. The van der Waals surface area contributed by atoms with E-state index in [4.69, 9.17) is 14.9 Å². The molecule has 0 bridgehead atoms. The van der Waals surface area contributed by atoms with E-state index in [1.807, 2.05) is 12.1 Å². The van der Waals surface area contributed by atoms with Gasteiger partial charge in [-0.25, -0.2) is 4.79 Å². The second kappa shape index (κ2) is 7.79. The first-order chi connectivity index (χ1) is 8.67. The van der Waals surface area contributed by atoms with Gasteiger partial charge in [-0.1, -0.05) is 6.07 Å².